The molecule has 21 heavy (non-hydrogen) atoms. The normalized spacial score (nSPS) is 11.1. The number of aryl methyl sites for hydroxylation is 1. The van der Waals surface area contributed by atoms with Gasteiger partial charge in [-0.2, -0.15) is 4.98 Å². The zero-order valence-electron chi connectivity index (χ0n) is 10.6. The van der Waals surface area contributed by atoms with Crippen LogP contribution in [0.4, 0.5) is 17.4 Å². The molecule has 0 saturated heterocycles. The number of anilines is 2. The van der Waals surface area contributed by atoms with Crippen molar-refractivity contribution in [1.29, 1.82) is 0 Å². The van der Waals surface area contributed by atoms with Crippen LogP contribution in [0.15, 0.2) is 27.6 Å². The van der Waals surface area contributed by atoms with Crippen LogP contribution in [0.2, 0.25) is 0 Å². The van der Waals surface area contributed by atoms with Gasteiger partial charge in [0.25, 0.3) is 15.7 Å². The Bertz CT molecular complexity index is 786. The van der Waals surface area contributed by atoms with E-state index in [9.17, 15) is 18.5 Å². The summed E-state index contributed by atoms with van der Waals surface area (Å²) in [7, 11) is -4.04. The highest BCUT2D eigenvalue weighted by atomic mass is 32.2. The third-order valence-corrected chi connectivity index (χ3v) is 3.70. The highest BCUT2D eigenvalue weighted by Crippen LogP contribution is 2.27. The van der Waals surface area contributed by atoms with Crippen molar-refractivity contribution < 1.29 is 17.9 Å². The predicted molar refractivity (Wildman–Crippen MR) is 70.8 cm³/mol. The summed E-state index contributed by atoms with van der Waals surface area (Å²) < 4.78 is 30.9. The smallest absolute Gasteiger partial charge is 0.318 e. The zero-order valence-corrected chi connectivity index (χ0v) is 11.4. The lowest BCUT2D eigenvalue weighted by Crippen LogP contribution is -2.15. The number of hydrazine groups is 1. The topological polar surface area (TPSA) is 166 Å². The highest BCUT2D eigenvalue weighted by molar-refractivity contribution is 7.92. The molecule has 0 atom stereocenters. The number of nitrogen functional groups attached to an aromatic ring is 1. The van der Waals surface area contributed by atoms with Gasteiger partial charge in [0.15, 0.2) is 5.82 Å². The Morgan fingerprint density at radius 2 is 2.14 bits per heavy atom. The Balaban J connectivity index is 2.38. The Morgan fingerprint density at radius 1 is 1.43 bits per heavy atom. The molecule has 12 heteroatoms. The van der Waals surface area contributed by atoms with Gasteiger partial charge in [0.2, 0.25) is 0 Å². The predicted octanol–water partition coefficient (Wildman–Crippen LogP) is 0.373. The molecular formula is C9H10N6O5S. The maximum Gasteiger partial charge on any atom is 0.335 e. The second kappa shape index (κ2) is 5.34. The van der Waals surface area contributed by atoms with Gasteiger partial charge >= 0.3 is 6.01 Å². The van der Waals surface area contributed by atoms with Gasteiger partial charge in [-0.05, 0) is 19.1 Å². The van der Waals surface area contributed by atoms with E-state index in [2.05, 4.69) is 20.1 Å². The van der Waals surface area contributed by atoms with Crippen molar-refractivity contribution in [3.63, 3.8) is 0 Å². The molecule has 11 nitrogen and oxygen atoms in total. The van der Waals surface area contributed by atoms with Crippen LogP contribution in [0.25, 0.3) is 0 Å². The molecule has 4 N–H and O–H groups in total. The summed E-state index contributed by atoms with van der Waals surface area (Å²) in [6.45, 7) is 1.52. The number of aromatic nitrogens is 2. The van der Waals surface area contributed by atoms with Gasteiger partial charge in [0.05, 0.1) is 9.82 Å². The molecule has 0 saturated carbocycles. The van der Waals surface area contributed by atoms with E-state index in [1.54, 1.807) is 0 Å². The number of nitrogens with one attached hydrogen (secondary N) is 2. The number of nitro benzene ring substituents is 1. The van der Waals surface area contributed by atoms with E-state index in [0.29, 0.717) is 0 Å². The second-order valence-electron chi connectivity index (χ2n) is 3.83. The molecule has 1 heterocycles. The summed E-state index contributed by atoms with van der Waals surface area (Å²) in [6, 6.07) is 2.78. The van der Waals surface area contributed by atoms with Crippen LogP contribution in [0.1, 0.15) is 5.82 Å². The van der Waals surface area contributed by atoms with E-state index in [0.717, 1.165) is 18.2 Å². The molecule has 0 fully saturated rings. The first-order valence-electron chi connectivity index (χ1n) is 5.41. The average Bonchev–Trinajstić information content (AvgIpc) is 2.82. The third kappa shape index (κ3) is 3.06. The van der Waals surface area contributed by atoms with Crippen molar-refractivity contribution in [3.8, 4) is 0 Å². The number of benzene rings is 1. The Labute approximate surface area is 118 Å². The number of rotatable bonds is 5. The summed E-state index contributed by atoms with van der Waals surface area (Å²) in [4.78, 5) is 13.5. The third-order valence-electron chi connectivity index (χ3n) is 2.38. The average molecular weight is 314 g/mol. The molecule has 2 aromatic rings. The van der Waals surface area contributed by atoms with Crippen molar-refractivity contribution in [1.82, 2.24) is 10.1 Å². The maximum atomic E-state index is 12.1. The van der Waals surface area contributed by atoms with E-state index in [4.69, 9.17) is 5.84 Å². The van der Waals surface area contributed by atoms with E-state index in [1.165, 1.54) is 6.92 Å². The Morgan fingerprint density at radius 3 is 2.67 bits per heavy atom. The second-order valence-corrected chi connectivity index (χ2v) is 5.52. The highest BCUT2D eigenvalue weighted by Gasteiger charge is 2.22. The van der Waals surface area contributed by atoms with Gasteiger partial charge in [-0.25, -0.2) is 13.1 Å². The molecule has 0 bridgehead atoms. The molecule has 0 aliphatic heterocycles. The van der Waals surface area contributed by atoms with Gasteiger partial charge < -0.3 is 9.95 Å². The van der Waals surface area contributed by atoms with E-state index < -0.39 is 14.9 Å². The molecule has 1 aromatic carbocycles. The number of sulfonamides is 1. The van der Waals surface area contributed by atoms with Crippen LogP contribution < -0.4 is 16.0 Å². The fraction of sp³-hybridized carbons (Fsp3) is 0.111. The SMILES string of the molecule is Cc1noc(NS(=O)(=O)c2ccc([N+](=O)[O-])c(NN)c2)n1. The number of nitrogens with two attached hydrogens (primary N) is 1. The largest absolute Gasteiger partial charge is 0.335 e. The first-order chi connectivity index (χ1) is 9.83. The summed E-state index contributed by atoms with van der Waals surface area (Å²) in [5, 5.41) is 14.2. The number of nitro groups is 1. The molecular weight excluding hydrogens is 304 g/mol. The van der Waals surface area contributed by atoms with Crippen LogP contribution in [-0.4, -0.2) is 23.5 Å². The molecule has 0 aliphatic rings. The molecule has 0 spiro atoms. The first-order valence-corrected chi connectivity index (χ1v) is 6.90. The fourth-order valence-electron chi connectivity index (χ4n) is 1.47. The standard InChI is InChI=1S/C9H10N6O5S/c1-5-11-9(20-13-5)14-21(18,19)6-2-3-8(15(16)17)7(4-6)12-10/h2-4,12H,10H2,1H3,(H,11,13,14). The van der Waals surface area contributed by atoms with Crippen molar-refractivity contribution in [2.45, 2.75) is 11.8 Å². The molecule has 0 unspecified atom stereocenters. The van der Waals surface area contributed by atoms with Gasteiger partial charge in [0.1, 0.15) is 5.69 Å². The molecule has 1 aromatic heterocycles. The Kier molecular flexibility index (Phi) is 3.73. The van der Waals surface area contributed by atoms with Gasteiger partial charge in [-0.3, -0.25) is 16.0 Å². The molecule has 0 aliphatic carbocycles. The lowest BCUT2D eigenvalue weighted by molar-refractivity contribution is -0.384. The van der Waals surface area contributed by atoms with Crippen molar-refractivity contribution >= 4 is 27.4 Å². The van der Waals surface area contributed by atoms with Crippen molar-refractivity contribution in [2.24, 2.45) is 5.84 Å². The van der Waals surface area contributed by atoms with Crippen LogP contribution in [-0.2, 0) is 10.0 Å². The quantitative estimate of drug-likeness (QED) is 0.401. The minimum Gasteiger partial charge on any atom is -0.318 e. The van der Waals surface area contributed by atoms with E-state index >= 15 is 0 Å². The summed E-state index contributed by atoms with van der Waals surface area (Å²) >= 11 is 0. The molecule has 0 amide bonds. The summed E-state index contributed by atoms with van der Waals surface area (Å²) in [5.41, 5.74) is 1.57. The molecule has 2 rings (SSSR count). The number of hydrogen-bond acceptors (Lipinski definition) is 9. The molecule has 0 radical (unpaired) electrons. The minimum absolute atomic E-state index is 0.149. The summed E-state index contributed by atoms with van der Waals surface area (Å²) in [5.74, 6) is 5.40. The van der Waals surface area contributed by atoms with Crippen LogP contribution in [0, 0.1) is 17.0 Å². The van der Waals surface area contributed by atoms with Gasteiger partial charge in [-0.1, -0.05) is 5.16 Å². The van der Waals surface area contributed by atoms with Crippen molar-refractivity contribution in [2.75, 3.05) is 10.1 Å². The van der Waals surface area contributed by atoms with Crippen LogP contribution >= 0.6 is 0 Å². The van der Waals surface area contributed by atoms with Crippen molar-refractivity contribution in [3.05, 3.63) is 34.1 Å². The zero-order chi connectivity index (χ0) is 15.6. The Hall–Kier alpha value is -2.73. The number of nitrogens with zero attached hydrogens (tertiary/aromatic N) is 3. The van der Waals surface area contributed by atoms with Crippen LogP contribution in [0.5, 0.6) is 0 Å². The van der Waals surface area contributed by atoms with Gasteiger partial charge in [0, 0.05) is 6.07 Å². The molecule has 112 valence electrons. The maximum absolute atomic E-state index is 12.1. The minimum atomic E-state index is -4.04. The monoisotopic (exact) mass is 314 g/mol. The fourth-order valence-corrected chi connectivity index (χ4v) is 2.42. The number of hydrogen-bond donors (Lipinski definition) is 3. The van der Waals surface area contributed by atoms with Gasteiger partial charge in [-0.15, -0.1) is 0 Å². The van der Waals surface area contributed by atoms with Crippen LogP contribution in [0.3, 0.4) is 0 Å². The first kappa shape index (κ1) is 14.7. The summed E-state index contributed by atoms with van der Waals surface area (Å²) in [6.07, 6.45) is 0. The lowest BCUT2D eigenvalue weighted by atomic mass is 10.3. The van der Waals surface area contributed by atoms with E-state index in [1.807, 2.05) is 4.72 Å². The van der Waals surface area contributed by atoms with E-state index in [-0.39, 0.29) is 28.1 Å². The lowest BCUT2D eigenvalue weighted by Gasteiger charge is -2.06.